The summed E-state index contributed by atoms with van der Waals surface area (Å²) in [6, 6.07) is 7.72. The summed E-state index contributed by atoms with van der Waals surface area (Å²) in [5, 5.41) is 6.60. The highest BCUT2D eigenvalue weighted by molar-refractivity contribution is 5.89. The average molecular weight is 329 g/mol. The van der Waals surface area contributed by atoms with E-state index in [1.54, 1.807) is 24.3 Å². The van der Waals surface area contributed by atoms with Gasteiger partial charge < -0.3 is 9.42 Å². The van der Waals surface area contributed by atoms with Gasteiger partial charge >= 0.3 is 6.03 Å². The predicted octanol–water partition coefficient (Wildman–Crippen LogP) is 4.13. The van der Waals surface area contributed by atoms with E-state index in [4.69, 9.17) is 4.52 Å². The summed E-state index contributed by atoms with van der Waals surface area (Å²) in [5.41, 5.74) is 0.331. The third-order valence-electron chi connectivity index (χ3n) is 5.15. The molecule has 2 amide bonds. The minimum absolute atomic E-state index is 0.155. The summed E-state index contributed by atoms with van der Waals surface area (Å²) in [6.45, 7) is 1.63. The van der Waals surface area contributed by atoms with Crippen LogP contribution >= 0.6 is 0 Å². The van der Waals surface area contributed by atoms with E-state index in [2.05, 4.69) is 10.5 Å². The van der Waals surface area contributed by atoms with Gasteiger partial charge in [-0.15, -0.1) is 0 Å². The topological polar surface area (TPSA) is 58.4 Å². The van der Waals surface area contributed by atoms with Gasteiger partial charge in [-0.1, -0.05) is 30.1 Å². The lowest BCUT2D eigenvalue weighted by atomic mass is 9.82. The maximum atomic E-state index is 13.8. The molecular weight excluding hydrogens is 309 g/mol. The highest BCUT2D eigenvalue weighted by Crippen LogP contribution is 2.36. The van der Waals surface area contributed by atoms with Crippen LogP contribution < -0.4 is 5.32 Å². The molecule has 2 unspecified atom stereocenters. The van der Waals surface area contributed by atoms with Crippen molar-refractivity contribution in [3.8, 4) is 11.3 Å². The number of rotatable bonds is 2. The zero-order valence-corrected chi connectivity index (χ0v) is 13.4. The molecule has 1 aliphatic heterocycles. The molecule has 5 nitrogen and oxygen atoms in total. The molecule has 24 heavy (non-hydrogen) atoms. The Morgan fingerprint density at radius 2 is 1.92 bits per heavy atom. The molecule has 0 bridgehead atoms. The van der Waals surface area contributed by atoms with Crippen molar-refractivity contribution < 1.29 is 13.7 Å². The molecule has 2 heterocycles. The van der Waals surface area contributed by atoms with Gasteiger partial charge in [-0.05, 0) is 36.8 Å². The Bertz CT molecular complexity index is 731. The lowest BCUT2D eigenvalue weighted by Crippen LogP contribution is -2.33. The van der Waals surface area contributed by atoms with Crippen LogP contribution in [-0.4, -0.2) is 29.2 Å². The Morgan fingerprint density at radius 3 is 2.62 bits per heavy atom. The number of carbonyl (C=O) groups is 1. The molecule has 1 aromatic heterocycles. The number of urea groups is 1. The van der Waals surface area contributed by atoms with E-state index in [9.17, 15) is 9.18 Å². The number of anilines is 1. The molecule has 4 rings (SSSR count). The van der Waals surface area contributed by atoms with Gasteiger partial charge in [0.15, 0.2) is 11.6 Å². The third-order valence-corrected chi connectivity index (χ3v) is 5.15. The molecule has 126 valence electrons. The Morgan fingerprint density at radius 1 is 1.21 bits per heavy atom. The van der Waals surface area contributed by atoms with Crippen LogP contribution in [0, 0.1) is 17.7 Å². The first kappa shape index (κ1) is 15.2. The number of nitrogens with one attached hydrogen (secondary N) is 1. The van der Waals surface area contributed by atoms with Gasteiger partial charge in [-0.3, -0.25) is 5.32 Å². The minimum Gasteiger partial charge on any atom is -0.354 e. The summed E-state index contributed by atoms with van der Waals surface area (Å²) in [6.07, 6.45) is 4.98. The van der Waals surface area contributed by atoms with E-state index in [1.165, 1.54) is 31.7 Å². The first-order chi connectivity index (χ1) is 11.7. The molecule has 2 fully saturated rings. The van der Waals surface area contributed by atoms with Gasteiger partial charge in [0.1, 0.15) is 5.82 Å². The van der Waals surface area contributed by atoms with Crippen LogP contribution in [-0.2, 0) is 0 Å². The number of likely N-dealkylation sites (tertiary alicyclic amines) is 1. The number of benzene rings is 1. The van der Waals surface area contributed by atoms with Crippen molar-refractivity contribution in [3.63, 3.8) is 0 Å². The molecule has 6 heteroatoms. The van der Waals surface area contributed by atoms with Gasteiger partial charge in [0.2, 0.25) is 0 Å². The summed E-state index contributed by atoms with van der Waals surface area (Å²) in [4.78, 5) is 14.3. The molecule has 1 aliphatic carbocycles. The number of hydrogen-bond acceptors (Lipinski definition) is 3. The number of aromatic nitrogens is 1. The van der Waals surface area contributed by atoms with Crippen LogP contribution in [0.4, 0.5) is 15.0 Å². The van der Waals surface area contributed by atoms with Crippen LogP contribution in [0.5, 0.6) is 0 Å². The number of amides is 2. The van der Waals surface area contributed by atoms with Crippen LogP contribution in [0.3, 0.4) is 0 Å². The van der Waals surface area contributed by atoms with Gasteiger partial charge in [0, 0.05) is 19.2 Å². The molecular formula is C18H20FN3O2. The van der Waals surface area contributed by atoms with E-state index in [-0.39, 0.29) is 11.8 Å². The highest BCUT2D eigenvalue weighted by atomic mass is 19.1. The normalized spacial score (nSPS) is 23.1. The zero-order chi connectivity index (χ0) is 16.5. The van der Waals surface area contributed by atoms with Crippen LogP contribution in [0.15, 0.2) is 34.9 Å². The monoisotopic (exact) mass is 329 g/mol. The number of fused-ring (bicyclic) bond motifs is 1. The van der Waals surface area contributed by atoms with Crippen molar-refractivity contribution in [2.24, 2.45) is 11.8 Å². The summed E-state index contributed by atoms with van der Waals surface area (Å²) in [5.74, 6) is 1.51. The lowest BCUT2D eigenvalue weighted by Gasteiger charge is -2.22. The predicted molar refractivity (Wildman–Crippen MR) is 87.9 cm³/mol. The first-order valence-electron chi connectivity index (χ1n) is 8.48. The standard InChI is InChI=1S/C18H20FN3O2/c19-15-8-4-3-7-14(15)16-9-17(21-24-16)20-18(23)22-10-12-5-1-2-6-13(12)11-22/h3-4,7-9,12-13H,1-2,5-6,10-11H2,(H,20,21,23). The second-order valence-corrected chi connectivity index (χ2v) is 6.70. The fourth-order valence-corrected chi connectivity index (χ4v) is 3.88. The van der Waals surface area contributed by atoms with E-state index in [1.807, 2.05) is 4.90 Å². The highest BCUT2D eigenvalue weighted by Gasteiger charge is 2.36. The summed E-state index contributed by atoms with van der Waals surface area (Å²) < 4.78 is 18.9. The minimum atomic E-state index is -0.379. The average Bonchev–Trinajstić information content (AvgIpc) is 3.22. The smallest absolute Gasteiger partial charge is 0.323 e. The fraction of sp³-hybridized carbons (Fsp3) is 0.444. The molecule has 1 aromatic carbocycles. The first-order valence-corrected chi connectivity index (χ1v) is 8.48. The van der Waals surface area contributed by atoms with E-state index in [0.29, 0.717) is 29.0 Å². The molecule has 2 atom stereocenters. The van der Waals surface area contributed by atoms with Crippen LogP contribution in [0.1, 0.15) is 25.7 Å². The number of carbonyl (C=O) groups excluding carboxylic acids is 1. The quantitative estimate of drug-likeness (QED) is 0.901. The van der Waals surface area contributed by atoms with E-state index >= 15 is 0 Å². The van der Waals surface area contributed by atoms with E-state index < -0.39 is 0 Å². The molecule has 1 saturated carbocycles. The molecule has 1 saturated heterocycles. The van der Waals surface area contributed by atoms with Crippen molar-refractivity contribution in [3.05, 3.63) is 36.1 Å². The summed E-state index contributed by atoms with van der Waals surface area (Å²) >= 11 is 0. The van der Waals surface area contributed by atoms with Gasteiger partial charge in [-0.25, -0.2) is 9.18 Å². The van der Waals surface area contributed by atoms with Gasteiger partial charge in [0.25, 0.3) is 0 Å². The SMILES string of the molecule is O=C(Nc1cc(-c2ccccc2F)on1)N1CC2CCCCC2C1. The number of nitrogens with zero attached hydrogens (tertiary/aromatic N) is 2. The Balaban J connectivity index is 1.43. The van der Waals surface area contributed by atoms with Crippen LogP contribution in [0.25, 0.3) is 11.3 Å². The molecule has 0 radical (unpaired) electrons. The van der Waals surface area contributed by atoms with Crippen molar-refractivity contribution in [1.29, 1.82) is 0 Å². The Kier molecular flexibility index (Phi) is 3.96. The lowest BCUT2D eigenvalue weighted by molar-refractivity contribution is 0.220. The van der Waals surface area contributed by atoms with Gasteiger partial charge in [-0.2, -0.15) is 0 Å². The number of halogens is 1. The molecule has 2 aromatic rings. The maximum Gasteiger partial charge on any atom is 0.323 e. The maximum absolute atomic E-state index is 13.8. The fourth-order valence-electron chi connectivity index (χ4n) is 3.88. The molecule has 1 N–H and O–H groups in total. The third kappa shape index (κ3) is 2.88. The second kappa shape index (κ2) is 6.26. The molecule has 2 aliphatic rings. The van der Waals surface area contributed by atoms with Crippen LogP contribution in [0.2, 0.25) is 0 Å². The zero-order valence-electron chi connectivity index (χ0n) is 13.4. The largest absolute Gasteiger partial charge is 0.354 e. The van der Waals surface area contributed by atoms with E-state index in [0.717, 1.165) is 13.1 Å². The van der Waals surface area contributed by atoms with Crippen molar-refractivity contribution >= 4 is 11.8 Å². The number of hydrogen-bond donors (Lipinski definition) is 1. The van der Waals surface area contributed by atoms with Crippen molar-refractivity contribution in [1.82, 2.24) is 10.1 Å². The van der Waals surface area contributed by atoms with Crippen molar-refractivity contribution in [2.75, 3.05) is 18.4 Å². The Labute approximate surface area is 139 Å². The van der Waals surface area contributed by atoms with Gasteiger partial charge in [0.05, 0.1) is 5.56 Å². The van der Waals surface area contributed by atoms with Crippen molar-refractivity contribution in [2.45, 2.75) is 25.7 Å². The second-order valence-electron chi connectivity index (χ2n) is 6.70. The summed E-state index contributed by atoms with van der Waals surface area (Å²) in [7, 11) is 0. The Hall–Kier alpha value is -2.37. The molecule has 0 spiro atoms.